The van der Waals surface area contributed by atoms with Crippen LogP contribution in [0.3, 0.4) is 0 Å². The van der Waals surface area contributed by atoms with Gasteiger partial charge < -0.3 is 20.2 Å². The van der Waals surface area contributed by atoms with Crippen LogP contribution in [0.1, 0.15) is 19.2 Å². The van der Waals surface area contributed by atoms with Crippen LogP contribution in [-0.2, 0) is 6.42 Å². The van der Waals surface area contributed by atoms with Gasteiger partial charge in [-0.3, -0.25) is 0 Å². The van der Waals surface area contributed by atoms with Crippen LogP contribution in [0.15, 0.2) is 40.8 Å². The largest absolute Gasteiger partial charge is 0.421 e. The lowest BCUT2D eigenvalue weighted by atomic mass is 10.1. The zero-order valence-corrected chi connectivity index (χ0v) is 13.4. The van der Waals surface area contributed by atoms with Crippen LogP contribution in [-0.4, -0.2) is 34.0 Å². The standard InChI is InChI=1S/C17H20N4O3/c1-2-15-20-21-16(24-15)12-4-7-13(8-5-12)18-17(23)19-14-6-3-11(9-14)10-22/h3-8,11,14,22H,2,9-10H2,1H3,(H2,18,19,23)/t11-,14+/m0/s1. The Morgan fingerprint density at radius 2 is 2.08 bits per heavy atom. The number of nitrogens with zero attached hydrogens (tertiary/aromatic N) is 2. The minimum atomic E-state index is -0.276. The molecule has 126 valence electrons. The minimum Gasteiger partial charge on any atom is -0.421 e. The van der Waals surface area contributed by atoms with Crippen molar-refractivity contribution in [2.75, 3.05) is 11.9 Å². The van der Waals surface area contributed by atoms with Crippen molar-refractivity contribution in [2.24, 2.45) is 5.92 Å². The lowest BCUT2D eigenvalue weighted by Gasteiger charge is -2.13. The number of hydrogen-bond donors (Lipinski definition) is 3. The number of aliphatic hydroxyl groups is 1. The van der Waals surface area contributed by atoms with E-state index in [1.54, 1.807) is 12.1 Å². The number of aromatic nitrogens is 2. The number of aryl methyl sites for hydroxylation is 1. The highest BCUT2D eigenvalue weighted by molar-refractivity contribution is 5.89. The summed E-state index contributed by atoms with van der Waals surface area (Å²) in [5.41, 5.74) is 1.48. The molecule has 0 radical (unpaired) electrons. The average molecular weight is 328 g/mol. The maximum Gasteiger partial charge on any atom is 0.319 e. The van der Waals surface area contributed by atoms with E-state index in [0.717, 1.165) is 12.0 Å². The summed E-state index contributed by atoms with van der Waals surface area (Å²) in [6, 6.07) is 6.88. The predicted octanol–water partition coefficient (Wildman–Crippen LogP) is 2.36. The number of carbonyl (C=O) groups is 1. The van der Waals surface area contributed by atoms with Gasteiger partial charge in [0.05, 0.1) is 0 Å². The van der Waals surface area contributed by atoms with Crippen LogP contribution < -0.4 is 10.6 Å². The highest BCUT2D eigenvalue weighted by atomic mass is 16.4. The molecule has 1 aliphatic rings. The second kappa shape index (κ2) is 7.27. The number of carbonyl (C=O) groups excluding carboxylic acids is 1. The molecule has 0 aliphatic heterocycles. The first-order valence-electron chi connectivity index (χ1n) is 7.97. The van der Waals surface area contributed by atoms with Crippen molar-refractivity contribution in [3.8, 4) is 11.5 Å². The van der Waals surface area contributed by atoms with E-state index in [1.807, 2.05) is 31.2 Å². The predicted molar refractivity (Wildman–Crippen MR) is 89.4 cm³/mol. The maximum atomic E-state index is 12.0. The van der Waals surface area contributed by atoms with E-state index in [0.29, 0.717) is 23.9 Å². The molecule has 1 aliphatic carbocycles. The Morgan fingerprint density at radius 3 is 2.71 bits per heavy atom. The fourth-order valence-electron chi connectivity index (χ4n) is 2.56. The Balaban J connectivity index is 1.56. The van der Waals surface area contributed by atoms with Crippen LogP contribution in [0.2, 0.25) is 0 Å². The van der Waals surface area contributed by atoms with E-state index < -0.39 is 0 Å². The number of urea groups is 1. The van der Waals surface area contributed by atoms with Crippen molar-refractivity contribution in [1.82, 2.24) is 15.5 Å². The zero-order valence-electron chi connectivity index (χ0n) is 13.4. The van der Waals surface area contributed by atoms with Gasteiger partial charge in [0.25, 0.3) is 0 Å². The third kappa shape index (κ3) is 3.80. The van der Waals surface area contributed by atoms with Gasteiger partial charge in [0.15, 0.2) is 0 Å². The highest BCUT2D eigenvalue weighted by Gasteiger charge is 2.19. The van der Waals surface area contributed by atoms with Gasteiger partial charge in [0.2, 0.25) is 11.8 Å². The molecule has 1 heterocycles. The van der Waals surface area contributed by atoms with Crippen molar-refractivity contribution in [3.05, 3.63) is 42.3 Å². The summed E-state index contributed by atoms with van der Waals surface area (Å²) in [7, 11) is 0. The number of rotatable bonds is 5. The number of anilines is 1. The minimum absolute atomic E-state index is 0.0488. The lowest BCUT2D eigenvalue weighted by molar-refractivity contribution is 0.238. The molecule has 2 atom stereocenters. The quantitative estimate of drug-likeness (QED) is 0.732. The summed E-state index contributed by atoms with van der Waals surface area (Å²) in [5.74, 6) is 1.18. The van der Waals surface area contributed by atoms with Gasteiger partial charge in [-0.2, -0.15) is 0 Å². The number of hydrogen-bond acceptors (Lipinski definition) is 5. The van der Waals surface area contributed by atoms with Gasteiger partial charge in [0.1, 0.15) is 0 Å². The molecule has 3 rings (SSSR count). The smallest absolute Gasteiger partial charge is 0.319 e. The van der Waals surface area contributed by atoms with Crippen molar-refractivity contribution in [1.29, 1.82) is 0 Å². The molecule has 7 nitrogen and oxygen atoms in total. The van der Waals surface area contributed by atoms with E-state index in [1.165, 1.54) is 0 Å². The van der Waals surface area contributed by atoms with Gasteiger partial charge in [-0.15, -0.1) is 10.2 Å². The number of aliphatic hydroxyl groups excluding tert-OH is 1. The Morgan fingerprint density at radius 1 is 1.29 bits per heavy atom. The van der Waals surface area contributed by atoms with Crippen molar-refractivity contribution < 1.29 is 14.3 Å². The monoisotopic (exact) mass is 328 g/mol. The average Bonchev–Trinajstić information content (AvgIpc) is 3.24. The molecule has 0 spiro atoms. The van der Waals surface area contributed by atoms with Gasteiger partial charge >= 0.3 is 6.03 Å². The molecule has 1 aromatic heterocycles. The van der Waals surface area contributed by atoms with Crippen molar-refractivity contribution >= 4 is 11.7 Å². The maximum absolute atomic E-state index is 12.0. The fourth-order valence-corrected chi connectivity index (χ4v) is 2.56. The van der Waals surface area contributed by atoms with Crippen molar-refractivity contribution in [3.63, 3.8) is 0 Å². The number of nitrogens with one attached hydrogen (secondary N) is 2. The van der Waals surface area contributed by atoms with E-state index in [-0.39, 0.29) is 24.6 Å². The Bertz CT molecular complexity index is 724. The summed E-state index contributed by atoms with van der Waals surface area (Å²) >= 11 is 0. The number of benzene rings is 1. The molecule has 1 aromatic carbocycles. The second-order valence-corrected chi connectivity index (χ2v) is 5.70. The van der Waals surface area contributed by atoms with Gasteiger partial charge in [-0.25, -0.2) is 4.79 Å². The van der Waals surface area contributed by atoms with E-state index in [4.69, 9.17) is 9.52 Å². The first-order chi connectivity index (χ1) is 11.7. The Hall–Kier alpha value is -2.67. The third-order valence-corrected chi connectivity index (χ3v) is 3.88. The summed E-state index contributed by atoms with van der Waals surface area (Å²) in [5, 5.41) is 22.7. The SMILES string of the molecule is CCc1nnc(-c2ccc(NC(=O)N[C@@H]3C=C[C@H](CO)C3)cc2)o1. The fraction of sp³-hybridized carbons (Fsp3) is 0.353. The molecule has 7 heteroatoms. The van der Waals surface area contributed by atoms with Crippen LogP contribution in [0.4, 0.5) is 10.5 Å². The normalized spacial score (nSPS) is 19.4. The van der Waals surface area contributed by atoms with Gasteiger partial charge in [0, 0.05) is 36.2 Å². The first-order valence-corrected chi connectivity index (χ1v) is 7.97. The lowest BCUT2D eigenvalue weighted by Crippen LogP contribution is -2.36. The van der Waals surface area contributed by atoms with Gasteiger partial charge in [-0.05, 0) is 30.7 Å². The topological polar surface area (TPSA) is 100 Å². The van der Waals surface area contributed by atoms with Crippen LogP contribution >= 0.6 is 0 Å². The van der Waals surface area contributed by atoms with E-state index in [2.05, 4.69) is 20.8 Å². The summed E-state index contributed by atoms with van der Waals surface area (Å²) < 4.78 is 5.50. The van der Waals surface area contributed by atoms with Gasteiger partial charge in [-0.1, -0.05) is 19.1 Å². The molecule has 2 amide bonds. The summed E-state index contributed by atoms with van der Waals surface area (Å²) in [6.45, 7) is 2.05. The summed E-state index contributed by atoms with van der Waals surface area (Å²) in [4.78, 5) is 12.0. The first kappa shape index (κ1) is 16.2. The second-order valence-electron chi connectivity index (χ2n) is 5.70. The van der Waals surface area contributed by atoms with Crippen LogP contribution in [0, 0.1) is 5.92 Å². The highest BCUT2D eigenvalue weighted by Crippen LogP contribution is 2.21. The molecular weight excluding hydrogens is 308 g/mol. The van der Waals surface area contributed by atoms with E-state index in [9.17, 15) is 4.79 Å². The van der Waals surface area contributed by atoms with Crippen molar-refractivity contribution in [2.45, 2.75) is 25.8 Å². The molecule has 0 saturated heterocycles. The molecule has 0 unspecified atom stereocenters. The molecule has 0 fully saturated rings. The Kier molecular flexibility index (Phi) is 4.90. The van der Waals surface area contributed by atoms with E-state index >= 15 is 0 Å². The Labute approximate surface area is 139 Å². The van der Waals surface area contributed by atoms with Crippen LogP contribution in [0.25, 0.3) is 11.5 Å². The third-order valence-electron chi connectivity index (χ3n) is 3.88. The number of amides is 2. The van der Waals surface area contributed by atoms with Crippen LogP contribution in [0.5, 0.6) is 0 Å². The molecule has 2 aromatic rings. The molecule has 0 saturated carbocycles. The molecule has 3 N–H and O–H groups in total. The molecule has 24 heavy (non-hydrogen) atoms. The zero-order chi connectivity index (χ0) is 16.9. The summed E-state index contributed by atoms with van der Waals surface area (Å²) in [6.07, 6.45) is 5.25. The molecular formula is C17H20N4O3. The molecule has 0 bridgehead atoms.